The fourth-order valence-electron chi connectivity index (χ4n) is 1.14. The molecule has 0 saturated carbocycles. The average molecular weight is 327 g/mol. The van der Waals surface area contributed by atoms with Gasteiger partial charge in [-0.15, -0.1) is 11.6 Å². The lowest BCUT2D eigenvalue weighted by atomic mass is 10.4. The summed E-state index contributed by atoms with van der Waals surface area (Å²) < 4.78 is 63.6. The molecule has 114 valence electrons. The molecule has 10 heteroatoms. The number of hydrogen-bond acceptors (Lipinski definition) is 5. The number of ether oxygens (including phenoxy) is 1. The van der Waals surface area contributed by atoms with Gasteiger partial charge in [-0.3, -0.25) is 9.36 Å². The Bertz CT molecular complexity index is 326. The Kier molecular flexibility index (Phi) is 7.96. The van der Waals surface area contributed by atoms with Crippen LogP contribution in [0.25, 0.3) is 0 Å². The summed E-state index contributed by atoms with van der Waals surface area (Å²) in [6.45, 7) is 2.73. The van der Waals surface area contributed by atoms with Crippen molar-refractivity contribution >= 4 is 25.2 Å². The molecule has 0 heterocycles. The summed E-state index contributed by atoms with van der Waals surface area (Å²) in [7, 11) is -3.98. The maximum Gasteiger partial charge on any atom is 0.426 e. The minimum atomic E-state index is -4.88. The zero-order chi connectivity index (χ0) is 15.1. The third-order valence-corrected chi connectivity index (χ3v) is 4.09. The van der Waals surface area contributed by atoms with Crippen LogP contribution in [0.5, 0.6) is 0 Å². The monoisotopic (exact) mass is 326 g/mol. The van der Waals surface area contributed by atoms with Gasteiger partial charge in [0.1, 0.15) is 5.88 Å². The van der Waals surface area contributed by atoms with E-state index in [-0.39, 0.29) is 13.2 Å². The zero-order valence-electron chi connectivity index (χ0n) is 10.4. The summed E-state index contributed by atoms with van der Waals surface area (Å²) in [5, 5.41) is 0. The van der Waals surface area contributed by atoms with Gasteiger partial charge in [0.15, 0.2) is 0 Å². The number of halogens is 4. The fourth-order valence-corrected chi connectivity index (χ4v) is 2.96. The molecule has 0 bridgehead atoms. The summed E-state index contributed by atoms with van der Waals surface area (Å²) in [6.07, 6.45) is -8.56. The van der Waals surface area contributed by atoms with Crippen LogP contribution < -0.4 is 0 Å². The summed E-state index contributed by atoms with van der Waals surface area (Å²) in [5.41, 5.74) is 0. The largest absolute Gasteiger partial charge is 0.451 e. The molecule has 19 heavy (non-hydrogen) atoms. The average Bonchev–Trinajstić information content (AvgIpc) is 2.27. The molecule has 0 aromatic rings. The number of esters is 1. The summed E-state index contributed by atoms with van der Waals surface area (Å²) in [4.78, 5) is 10.8. The molecule has 5 nitrogen and oxygen atoms in total. The first kappa shape index (κ1) is 18.7. The molecule has 0 aliphatic carbocycles. The van der Waals surface area contributed by atoms with Crippen molar-refractivity contribution in [1.82, 2.24) is 0 Å². The molecule has 0 aliphatic rings. The molecular formula is C9H15ClF3O5P. The third kappa shape index (κ3) is 7.15. The summed E-state index contributed by atoms with van der Waals surface area (Å²) in [5.74, 6) is -2.00. The quantitative estimate of drug-likeness (QED) is 0.390. The number of hydrogen-bond donors (Lipinski definition) is 0. The molecule has 0 fully saturated rings. The molecule has 0 aliphatic heterocycles. The van der Waals surface area contributed by atoms with Gasteiger partial charge in [0.25, 0.3) is 0 Å². The van der Waals surface area contributed by atoms with Crippen LogP contribution in [0.3, 0.4) is 0 Å². The van der Waals surface area contributed by atoms with E-state index in [9.17, 15) is 22.5 Å². The molecule has 0 amide bonds. The third-order valence-electron chi connectivity index (χ3n) is 1.79. The minimum absolute atomic E-state index is 0.0920. The van der Waals surface area contributed by atoms with Gasteiger partial charge in [-0.2, -0.15) is 13.2 Å². The highest BCUT2D eigenvalue weighted by atomic mass is 35.5. The van der Waals surface area contributed by atoms with Crippen molar-refractivity contribution in [1.29, 1.82) is 0 Å². The van der Waals surface area contributed by atoms with Crippen LogP contribution in [-0.4, -0.2) is 43.5 Å². The Morgan fingerprint density at radius 2 is 1.74 bits per heavy atom. The standard InChI is InChI=1S/C9H15ClF3O5P/c1-3-16-19(15,17-4-2)6-7(9(11,12)13)18-8(14)5-10/h7H,3-6H2,1-2H3/t7-/m1/s1. The van der Waals surface area contributed by atoms with Gasteiger partial charge in [0.2, 0.25) is 6.10 Å². The predicted molar refractivity (Wildman–Crippen MR) is 62.4 cm³/mol. The summed E-state index contributed by atoms with van der Waals surface area (Å²) in [6, 6.07) is 0. The number of alkyl halides is 4. The Labute approximate surface area is 113 Å². The highest BCUT2D eigenvalue weighted by molar-refractivity contribution is 7.53. The van der Waals surface area contributed by atoms with Gasteiger partial charge in [-0.1, -0.05) is 0 Å². The SMILES string of the molecule is CCOP(=O)(C[C@@H](OC(=O)CCl)C(F)(F)F)OCC. The van der Waals surface area contributed by atoms with Crippen molar-refractivity contribution in [2.24, 2.45) is 0 Å². The van der Waals surface area contributed by atoms with E-state index in [4.69, 9.17) is 20.6 Å². The Morgan fingerprint density at radius 1 is 1.26 bits per heavy atom. The second-order valence-corrected chi connectivity index (χ2v) is 5.65. The molecule has 0 radical (unpaired) electrons. The van der Waals surface area contributed by atoms with Crippen LogP contribution in [0, 0.1) is 0 Å². The van der Waals surface area contributed by atoms with Gasteiger partial charge in [0, 0.05) is 0 Å². The maximum absolute atomic E-state index is 12.7. The zero-order valence-corrected chi connectivity index (χ0v) is 12.1. The van der Waals surface area contributed by atoms with Crippen LogP contribution in [0.15, 0.2) is 0 Å². The van der Waals surface area contributed by atoms with Crippen LogP contribution in [0.2, 0.25) is 0 Å². The van der Waals surface area contributed by atoms with E-state index in [0.29, 0.717) is 0 Å². The van der Waals surface area contributed by atoms with E-state index < -0.39 is 37.9 Å². The maximum atomic E-state index is 12.7. The summed E-state index contributed by atoms with van der Waals surface area (Å²) >= 11 is 5.07. The lowest BCUT2D eigenvalue weighted by Crippen LogP contribution is -2.37. The second kappa shape index (κ2) is 8.09. The molecule has 0 aromatic heterocycles. The van der Waals surface area contributed by atoms with Crippen LogP contribution >= 0.6 is 19.2 Å². The van der Waals surface area contributed by atoms with Crippen LogP contribution in [0.1, 0.15) is 13.8 Å². The van der Waals surface area contributed by atoms with E-state index in [2.05, 4.69) is 4.74 Å². The Balaban J connectivity index is 4.96. The van der Waals surface area contributed by atoms with Gasteiger partial charge < -0.3 is 13.8 Å². The Morgan fingerprint density at radius 3 is 2.05 bits per heavy atom. The van der Waals surface area contributed by atoms with Crippen molar-refractivity contribution in [2.75, 3.05) is 25.3 Å². The lowest BCUT2D eigenvalue weighted by molar-refractivity contribution is -0.214. The highest BCUT2D eigenvalue weighted by Gasteiger charge is 2.47. The first-order chi connectivity index (χ1) is 8.68. The van der Waals surface area contributed by atoms with Crippen LogP contribution in [0.4, 0.5) is 13.2 Å². The molecule has 0 aromatic carbocycles. The van der Waals surface area contributed by atoms with E-state index in [1.807, 2.05) is 0 Å². The normalized spacial score (nSPS) is 14.2. The minimum Gasteiger partial charge on any atom is -0.451 e. The fraction of sp³-hybridized carbons (Fsp3) is 0.889. The lowest BCUT2D eigenvalue weighted by Gasteiger charge is -2.24. The molecular weight excluding hydrogens is 312 g/mol. The van der Waals surface area contributed by atoms with E-state index in [0.717, 1.165) is 0 Å². The van der Waals surface area contributed by atoms with Gasteiger partial charge in [-0.25, -0.2) is 0 Å². The van der Waals surface area contributed by atoms with Crippen LogP contribution in [-0.2, 0) is 23.1 Å². The second-order valence-electron chi connectivity index (χ2n) is 3.28. The van der Waals surface area contributed by atoms with E-state index in [1.54, 1.807) is 0 Å². The molecule has 0 rings (SSSR count). The first-order valence-electron chi connectivity index (χ1n) is 5.38. The van der Waals surface area contributed by atoms with Crippen molar-refractivity contribution in [3.63, 3.8) is 0 Å². The molecule has 1 atom stereocenters. The number of carbonyl (C=O) groups excluding carboxylic acids is 1. The van der Waals surface area contributed by atoms with E-state index in [1.165, 1.54) is 13.8 Å². The van der Waals surface area contributed by atoms with Gasteiger partial charge in [0.05, 0.1) is 19.4 Å². The molecule has 0 unspecified atom stereocenters. The van der Waals surface area contributed by atoms with Crippen molar-refractivity contribution < 1.29 is 36.3 Å². The van der Waals surface area contributed by atoms with Gasteiger partial charge >= 0.3 is 19.7 Å². The van der Waals surface area contributed by atoms with Crippen molar-refractivity contribution in [2.45, 2.75) is 26.1 Å². The predicted octanol–water partition coefficient (Wildman–Crippen LogP) is 2.97. The molecule has 0 spiro atoms. The van der Waals surface area contributed by atoms with Gasteiger partial charge in [-0.05, 0) is 13.8 Å². The number of carbonyl (C=O) groups is 1. The Hall–Kier alpha value is -0.300. The smallest absolute Gasteiger partial charge is 0.426 e. The number of rotatable bonds is 8. The van der Waals surface area contributed by atoms with Crippen molar-refractivity contribution in [3.05, 3.63) is 0 Å². The topological polar surface area (TPSA) is 61.8 Å². The first-order valence-corrected chi connectivity index (χ1v) is 7.65. The molecule has 0 N–H and O–H groups in total. The molecule has 0 saturated heterocycles. The van der Waals surface area contributed by atoms with Crippen molar-refractivity contribution in [3.8, 4) is 0 Å². The van der Waals surface area contributed by atoms with E-state index >= 15 is 0 Å². The highest BCUT2D eigenvalue weighted by Crippen LogP contribution is 2.50.